The first kappa shape index (κ1) is 19.4. The molecule has 4 rings (SSSR count). The van der Waals surface area contributed by atoms with Crippen LogP contribution in [0.3, 0.4) is 0 Å². The lowest BCUT2D eigenvalue weighted by Crippen LogP contribution is -2.51. The van der Waals surface area contributed by atoms with Gasteiger partial charge in [0.1, 0.15) is 0 Å². The fourth-order valence-electron chi connectivity index (χ4n) is 4.62. The van der Waals surface area contributed by atoms with Gasteiger partial charge in [-0.2, -0.15) is 0 Å². The van der Waals surface area contributed by atoms with Gasteiger partial charge in [-0.15, -0.1) is 0 Å². The number of nitrogens with zero attached hydrogens (tertiary/aromatic N) is 2. The monoisotopic (exact) mass is 422 g/mol. The summed E-state index contributed by atoms with van der Waals surface area (Å²) in [6.45, 7) is 5.42. The van der Waals surface area contributed by atoms with Gasteiger partial charge < -0.3 is 4.90 Å². The maximum Gasteiger partial charge on any atom is 0.0670 e. The van der Waals surface area contributed by atoms with Crippen LogP contribution in [0.25, 0.3) is 0 Å². The van der Waals surface area contributed by atoms with E-state index in [1.165, 1.54) is 24.8 Å². The lowest BCUT2D eigenvalue weighted by molar-refractivity contribution is 0.159. The van der Waals surface area contributed by atoms with Crippen molar-refractivity contribution in [2.24, 2.45) is 5.92 Å². The van der Waals surface area contributed by atoms with Gasteiger partial charge in [0.25, 0.3) is 0 Å². The molecule has 2 aliphatic rings. The molecule has 0 radical (unpaired) electrons. The Morgan fingerprint density at radius 3 is 2.30 bits per heavy atom. The van der Waals surface area contributed by atoms with Crippen LogP contribution in [-0.4, -0.2) is 30.6 Å². The second kappa shape index (κ2) is 8.21. The zero-order valence-electron chi connectivity index (χ0n) is 15.5. The van der Waals surface area contributed by atoms with Crippen LogP contribution in [0.2, 0.25) is 15.1 Å². The fraction of sp³-hybridized carbons (Fsp3) is 0.455. The molecule has 2 aromatic carbocycles. The first-order chi connectivity index (χ1) is 13.0. The van der Waals surface area contributed by atoms with E-state index in [2.05, 4.69) is 28.9 Å². The van der Waals surface area contributed by atoms with Gasteiger partial charge in [-0.05, 0) is 61.1 Å². The van der Waals surface area contributed by atoms with Crippen molar-refractivity contribution in [2.75, 3.05) is 24.5 Å². The fourth-order valence-corrected chi connectivity index (χ4v) is 5.26. The summed E-state index contributed by atoms with van der Waals surface area (Å²) in [4.78, 5) is 5.11. The topological polar surface area (TPSA) is 6.48 Å². The number of halogens is 3. The molecule has 5 heteroatoms. The number of hydrogen-bond acceptors (Lipinski definition) is 2. The molecule has 0 amide bonds. The third-order valence-corrected chi connectivity index (χ3v) is 6.86. The molecule has 144 valence electrons. The summed E-state index contributed by atoms with van der Waals surface area (Å²) in [6.07, 6.45) is 3.98. The van der Waals surface area contributed by atoms with Crippen molar-refractivity contribution < 1.29 is 0 Å². The number of hydrogen-bond donors (Lipinski definition) is 0. The first-order valence-electron chi connectivity index (χ1n) is 9.72. The highest BCUT2D eigenvalue weighted by atomic mass is 35.5. The highest BCUT2D eigenvalue weighted by Crippen LogP contribution is 2.39. The van der Waals surface area contributed by atoms with Gasteiger partial charge in [0.2, 0.25) is 0 Å². The highest BCUT2D eigenvalue weighted by Gasteiger charge is 2.35. The summed E-state index contributed by atoms with van der Waals surface area (Å²) in [5.41, 5.74) is 2.33. The van der Waals surface area contributed by atoms with Crippen LogP contribution in [0.4, 0.5) is 5.69 Å². The lowest BCUT2D eigenvalue weighted by Gasteiger charge is -2.45. The van der Waals surface area contributed by atoms with Crippen molar-refractivity contribution in [2.45, 2.75) is 38.3 Å². The minimum Gasteiger partial charge on any atom is -0.361 e. The maximum absolute atomic E-state index is 6.56. The molecule has 1 aliphatic heterocycles. The third kappa shape index (κ3) is 4.24. The number of benzene rings is 2. The Balaban J connectivity index is 1.64. The van der Waals surface area contributed by atoms with Crippen molar-refractivity contribution in [1.29, 1.82) is 0 Å². The third-order valence-electron chi connectivity index (χ3n) is 6.07. The summed E-state index contributed by atoms with van der Waals surface area (Å²) < 4.78 is 0. The molecule has 2 aromatic rings. The van der Waals surface area contributed by atoms with Crippen LogP contribution in [0.5, 0.6) is 0 Å². The molecule has 0 N–H and O–H groups in total. The Hall–Kier alpha value is -0.930. The van der Waals surface area contributed by atoms with E-state index in [0.717, 1.165) is 36.3 Å². The predicted molar refractivity (Wildman–Crippen MR) is 116 cm³/mol. The van der Waals surface area contributed by atoms with Crippen LogP contribution >= 0.6 is 34.8 Å². The molecule has 1 heterocycles. The Kier molecular flexibility index (Phi) is 5.89. The van der Waals surface area contributed by atoms with E-state index in [9.17, 15) is 0 Å². The van der Waals surface area contributed by atoms with E-state index in [1.807, 2.05) is 30.3 Å². The van der Waals surface area contributed by atoms with Crippen molar-refractivity contribution in [3.8, 4) is 0 Å². The molecule has 0 bridgehead atoms. The number of rotatable bonds is 3. The molecular formula is C22H25Cl3N2. The van der Waals surface area contributed by atoms with Crippen molar-refractivity contribution in [1.82, 2.24) is 4.90 Å². The van der Waals surface area contributed by atoms with E-state index in [4.69, 9.17) is 34.8 Å². The van der Waals surface area contributed by atoms with Crippen molar-refractivity contribution in [3.05, 3.63) is 63.1 Å². The summed E-state index contributed by atoms with van der Waals surface area (Å²) in [5.74, 6) is 0.840. The zero-order chi connectivity index (χ0) is 19.0. The van der Waals surface area contributed by atoms with Crippen LogP contribution in [0.15, 0.2) is 42.5 Å². The predicted octanol–water partition coefficient (Wildman–Crippen LogP) is 6.70. The van der Waals surface area contributed by atoms with E-state index < -0.39 is 0 Å². The molecule has 1 saturated carbocycles. The molecule has 2 nitrogen and oxygen atoms in total. The summed E-state index contributed by atoms with van der Waals surface area (Å²) in [7, 11) is 0. The lowest BCUT2D eigenvalue weighted by atomic mass is 9.99. The zero-order valence-corrected chi connectivity index (χ0v) is 17.8. The van der Waals surface area contributed by atoms with Crippen molar-refractivity contribution in [3.63, 3.8) is 0 Å². The average Bonchev–Trinajstić information content (AvgIpc) is 3.09. The molecule has 1 saturated heterocycles. The number of piperazine rings is 1. The average molecular weight is 424 g/mol. The molecule has 0 aromatic heterocycles. The first-order valence-corrected chi connectivity index (χ1v) is 10.9. The van der Waals surface area contributed by atoms with Crippen molar-refractivity contribution >= 4 is 40.5 Å². The van der Waals surface area contributed by atoms with Crippen LogP contribution in [0, 0.1) is 5.92 Å². The van der Waals surface area contributed by atoms with Gasteiger partial charge in [-0.25, -0.2) is 0 Å². The Morgan fingerprint density at radius 1 is 0.889 bits per heavy atom. The Morgan fingerprint density at radius 2 is 1.63 bits per heavy atom. The molecule has 0 spiro atoms. The summed E-state index contributed by atoms with van der Waals surface area (Å²) in [6, 6.07) is 15.0. The highest BCUT2D eigenvalue weighted by molar-refractivity contribution is 6.36. The molecule has 27 heavy (non-hydrogen) atoms. The normalized spacial score (nSPS) is 26.5. The van der Waals surface area contributed by atoms with Crippen LogP contribution < -0.4 is 4.90 Å². The summed E-state index contributed by atoms with van der Waals surface area (Å²) in [5, 5.41) is 2.15. The van der Waals surface area contributed by atoms with E-state index in [0.29, 0.717) is 16.1 Å². The minimum atomic E-state index is 0.255. The summed E-state index contributed by atoms with van der Waals surface area (Å²) >= 11 is 18.8. The second-order valence-corrected chi connectivity index (χ2v) is 9.20. The van der Waals surface area contributed by atoms with Gasteiger partial charge in [0, 0.05) is 35.7 Å². The standard InChI is InChI=1S/C22H25Cl3N2/c1-15-2-8-19(12-15)26-10-11-27(21-9-7-18(24)13-20(21)25)22(14-26)16-3-5-17(23)6-4-16/h3-7,9,13,15,19,22H,2,8,10-12,14H2,1H3. The molecule has 2 fully saturated rings. The van der Waals surface area contributed by atoms with Gasteiger partial charge in [-0.1, -0.05) is 53.9 Å². The van der Waals surface area contributed by atoms with Gasteiger partial charge in [0.05, 0.1) is 16.8 Å². The van der Waals surface area contributed by atoms with Gasteiger partial charge >= 0.3 is 0 Å². The largest absolute Gasteiger partial charge is 0.361 e. The Labute approximate surface area is 177 Å². The maximum atomic E-state index is 6.56. The van der Waals surface area contributed by atoms with E-state index >= 15 is 0 Å². The number of anilines is 1. The van der Waals surface area contributed by atoms with E-state index in [-0.39, 0.29) is 6.04 Å². The second-order valence-electron chi connectivity index (χ2n) is 7.92. The Bertz CT molecular complexity index is 793. The smallest absolute Gasteiger partial charge is 0.0670 e. The van der Waals surface area contributed by atoms with Gasteiger partial charge in [-0.3, -0.25) is 4.90 Å². The minimum absolute atomic E-state index is 0.255. The van der Waals surface area contributed by atoms with E-state index in [1.54, 1.807) is 0 Å². The van der Waals surface area contributed by atoms with Gasteiger partial charge in [0.15, 0.2) is 0 Å². The molecule has 1 aliphatic carbocycles. The van der Waals surface area contributed by atoms with Crippen LogP contribution in [-0.2, 0) is 0 Å². The van der Waals surface area contributed by atoms with Crippen LogP contribution in [0.1, 0.15) is 37.8 Å². The SMILES string of the molecule is CC1CCC(N2CCN(c3ccc(Cl)cc3Cl)C(c3ccc(Cl)cc3)C2)C1. The molecule has 3 unspecified atom stereocenters. The quantitative estimate of drug-likeness (QED) is 0.542. The molecule has 3 atom stereocenters. The molecular weight excluding hydrogens is 399 g/mol.